The van der Waals surface area contributed by atoms with Crippen LogP contribution in [0.5, 0.6) is 0 Å². The summed E-state index contributed by atoms with van der Waals surface area (Å²) in [6.07, 6.45) is 3.60. The van der Waals surface area contributed by atoms with E-state index in [0.29, 0.717) is 5.95 Å². The van der Waals surface area contributed by atoms with Crippen LogP contribution in [0.4, 0.5) is 0 Å². The van der Waals surface area contributed by atoms with E-state index >= 15 is 0 Å². The van der Waals surface area contributed by atoms with Gasteiger partial charge in [-0.05, 0) is 30.3 Å². The van der Waals surface area contributed by atoms with Crippen molar-refractivity contribution in [2.24, 2.45) is 0 Å². The number of para-hydroxylation sites is 3. The fourth-order valence-corrected chi connectivity index (χ4v) is 4.96. The molecule has 0 radical (unpaired) electrons. The number of benzene rings is 4. The molecule has 0 aliphatic carbocycles. The van der Waals surface area contributed by atoms with E-state index in [4.69, 9.17) is 0 Å². The van der Waals surface area contributed by atoms with Gasteiger partial charge in [0.15, 0.2) is 0 Å². The molecule has 0 saturated carbocycles. The molecule has 4 heteroatoms. The van der Waals surface area contributed by atoms with Crippen molar-refractivity contribution in [3.8, 4) is 11.6 Å². The molecule has 0 aliphatic heterocycles. The van der Waals surface area contributed by atoms with Crippen molar-refractivity contribution in [1.29, 1.82) is 0 Å². The van der Waals surface area contributed by atoms with Crippen LogP contribution in [0.1, 0.15) is 0 Å². The van der Waals surface area contributed by atoms with Gasteiger partial charge in [-0.1, -0.05) is 66.7 Å². The average molecular weight is 410 g/mol. The molecule has 150 valence electrons. The van der Waals surface area contributed by atoms with E-state index in [2.05, 4.69) is 110 Å². The van der Waals surface area contributed by atoms with Crippen molar-refractivity contribution in [1.82, 2.24) is 19.1 Å². The van der Waals surface area contributed by atoms with Crippen molar-refractivity contribution in [3.05, 3.63) is 109 Å². The Bertz CT molecular complexity index is 1630. The molecular weight excluding hydrogens is 392 g/mol. The third-order valence-corrected chi connectivity index (χ3v) is 6.24. The molecule has 7 aromatic rings. The number of aromatic nitrogens is 4. The largest absolute Gasteiger partial charge is 0.307 e. The van der Waals surface area contributed by atoms with Gasteiger partial charge in [-0.15, -0.1) is 0 Å². The molecule has 0 spiro atoms. The summed E-state index contributed by atoms with van der Waals surface area (Å²) in [5.74, 6) is 0.677. The van der Waals surface area contributed by atoms with Crippen molar-refractivity contribution in [2.45, 2.75) is 0 Å². The van der Waals surface area contributed by atoms with E-state index in [9.17, 15) is 0 Å². The first-order chi connectivity index (χ1) is 15.9. The first-order valence-corrected chi connectivity index (χ1v) is 10.7. The number of hydrogen-bond acceptors (Lipinski definition) is 2. The third kappa shape index (κ3) is 2.26. The number of fused-ring (bicyclic) bond motifs is 7. The monoisotopic (exact) mass is 410 g/mol. The average Bonchev–Trinajstić information content (AvgIpc) is 3.38. The van der Waals surface area contributed by atoms with E-state index in [1.165, 1.54) is 32.6 Å². The first kappa shape index (κ1) is 17.3. The van der Waals surface area contributed by atoms with Gasteiger partial charge in [0.25, 0.3) is 0 Å². The predicted molar refractivity (Wildman–Crippen MR) is 131 cm³/mol. The van der Waals surface area contributed by atoms with Crippen LogP contribution in [-0.4, -0.2) is 19.1 Å². The van der Waals surface area contributed by atoms with E-state index in [-0.39, 0.29) is 0 Å². The second-order valence-electron chi connectivity index (χ2n) is 7.95. The summed E-state index contributed by atoms with van der Waals surface area (Å²) < 4.78 is 4.57. The zero-order chi connectivity index (χ0) is 21.1. The smallest absolute Gasteiger partial charge is 0.234 e. The van der Waals surface area contributed by atoms with Gasteiger partial charge in [-0.3, -0.25) is 4.57 Å². The zero-order valence-corrected chi connectivity index (χ0v) is 17.2. The van der Waals surface area contributed by atoms with E-state index in [1.807, 2.05) is 6.07 Å². The molecular formula is C28H18N4. The van der Waals surface area contributed by atoms with Crippen LogP contribution < -0.4 is 0 Å². The molecule has 4 aromatic carbocycles. The maximum absolute atomic E-state index is 4.63. The lowest BCUT2D eigenvalue weighted by molar-refractivity contribution is 0.988. The number of rotatable bonds is 2. The molecule has 3 heterocycles. The fourth-order valence-electron chi connectivity index (χ4n) is 4.96. The van der Waals surface area contributed by atoms with Crippen LogP contribution in [0.25, 0.3) is 55.2 Å². The summed E-state index contributed by atoms with van der Waals surface area (Å²) in [5, 5.41) is 4.85. The van der Waals surface area contributed by atoms with Gasteiger partial charge in [0.2, 0.25) is 5.95 Å². The molecule has 4 nitrogen and oxygen atoms in total. The van der Waals surface area contributed by atoms with Crippen LogP contribution in [0.2, 0.25) is 0 Å². The second-order valence-corrected chi connectivity index (χ2v) is 7.95. The van der Waals surface area contributed by atoms with Crippen molar-refractivity contribution in [2.75, 3.05) is 0 Å². The van der Waals surface area contributed by atoms with Gasteiger partial charge in [0.1, 0.15) is 0 Å². The lowest BCUT2D eigenvalue weighted by atomic mass is 10.1. The molecule has 0 atom stereocenters. The molecule has 0 bridgehead atoms. The normalized spacial score (nSPS) is 11.8. The topological polar surface area (TPSA) is 35.6 Å². The molecule has 0 fully saturated rings. The second kappa shape index (κ2) is 6.53. The highest BCUT2D eigenvalue weighted by Gasteiger charge is 2.21. The Morgan fingerprint density at radius 2 is 0.969 bits per heavy atom. The van der Waals surface area contributed by atoms with Gasteiger partial charge in [0, 0.05) is 39.6 Å². The zero-order valence-electron chi connectivity index (χ0n) is 17.2. The molecule has 0 aliphatic rings. The standard InChI is InChI=1S/C28H18N4/c1-2-9-19(10-3-1)31-24-13-6-4-11-20(24)22-15-16-23-21-12-5-7-14-25(21)32(27(23)26(22)31)28-29-17-8-18-30-28/h1-18H. The van der Waals surface area contributed by atoms with Crippen LogP contribution in [0.3, 0.4) is 0 Å². The minimum Gasteiger partial charge on any atom is -0.307 e. The van der Waals surface area contributed by atoms with Gasteiger partial charge in [0.05, 0.1) is 22.1 Å². The minimum absolute atomic E-state index is 0.677. The molecule has 0 saturated heterocycles. The van der Waals surface area contributed by atoms with Crippen molar-refractivity contribution in [3.63, 3.8) is 0 Å². The van der Waals surface area contributed by atoms with Crippen LogP contribution in [0, 0.1) is 0 Å². The van der Waals surface area contributed by atoms with Crippen LogP contribution in [-0.2, 0) is 0 Å². The van der Waals surface area contributed by atoms with Gasteiger partial charge in [-0.25, -0.2) is 9.97 Å². The van der Waals surface area contributed by atoms with Crippen LogP contribution in [0.15, 0.2) is 109 Å². The summed E-state index contributed by atoms with van der Waals surface area (Å²) in [6.45, 7) is 0. The SMILES string of the molecule is c1ccc(-n2c3ccccc3c3ccc4c5ccccc5n(-c5ncccn5)c4c32)cc1. The lowest BCUT2D eigenvalue weighted by Gasteiger charge is -2.11. The summed E-state index contributed by atoms with van der Waals surface area (Å²) in [7, 11) is 0. The molecule has 3 aromatic heterocycles. The minimum atomic E-state index is 0.677. The van der Waals surface area contributed by atoms with Gasteiger partial charge < -0.3 is 4.57 Å². The maximum Gasteiger partial charge on any atom is 0.234 e. The van der Waals surface area contributed by atoms with E-state index in [0.717, 1.165) is 16.7 Å². The van der Waals surface area contributed by atoms with Crippen molar-refractivity contribution < 1.29 is 0 Å². The highest BCUT2D eigenvalue weighted by molar-refractivity contribution is 6.23. The third-order valence-electron chi connectivity index (χ3n) is 6.24. The maximum atomic E-state index is 4.63. The Kier molecular flexibility index (Phi) is 3.52. The van der Waals surface area contributed by atoms with Crippen molar-refractivity contribution >= 4 is 43.6 Å². The Balaban J connectivity index is 1.81. The summed E-state index contributed by atoms with van der Waals surface area (Å²) >= 11 is 0. The lowest BCUT2D eigenvalue weighted by Crippen LogP contribution is -2.01. The fraction of sp³-hybridized carbons (Fsp3) is 0. The summed E-state index contributed by atoms with van der Waals surface area (Å²) in [4.78, 5) is 9.25. The highest BCUT2D eigenvalue weighted by atomic mass is 15.2. The van der Waals surface area contributed by atoms with Gasteiger partial charge >= 0.3 is 0 Å². The molecule has 7 rings (SSSR count). The predicted octanol–water partition coefficient (Wildman–Crippen LogP) is 6.67. The van der Waals surface area contributed by atoms with Gasteiger partial charge in [-0.2, -0.15) is 0 Å². The number of nitrogens with zero attached hydrogens (tertiary/aromatic N) is 4. The Hall–Kier alpha value is -4.44. The quantitative estimate of drug-likeness (QED) is 0.319. The Morgan fingerprint density at radius 1 is 0.438 bits per heavy atom. The Morgan fingerprint density at radius 3 is 1.62 bits per heavy atom. The molecule has 0 N–H and O–H groups in total. The number of hydrogen-bond donors (Lipinski definition) is 0. The Labute approximate surface area is 184 Å². The highest BCUT2D eigenvalue weighted by Crippen LogP contribution is 2.40. The summed E-state index contributed by atoms with van der Waals surface area (Å²) in [5.41, 5.74) is 5.71. The van der Waals surface area contributed by atoms with E-state index < -0.39 is 0 Å². The molecule has 32 heavy (non-hydrogen) atoms. The molecule has 0 amide bonds. The first-order valence-electron chi connectivity index (χ1n) is 10.7. The molecule has 0 unspecified atom stereocenters. The van der Waals surface area contributed by atoms with Crippen LogP contribution >= 0.6 is 0 Å². The van der Waals surface area contributed by atoms with E-state index in [1.54, 1.807) is 12.4 Å². The summed E-state index contributed by atoms with van der Waals surface area (Å²) in [6, 6.07) is 34.0.